The Bertz CT molecular complexity index is 772. The number of hydrogen-bond donors (Lipinski definition) is 0. The molecule has 0 spiro atoms. The number of methoxy groups -OCH3 is 1. The van der Waals surface area contributed by atoms with Crippen LogP contribution in [-0.2, 0) is 14.3 Å². The lowest BCUT2D eigenvalue weighted by Gasteiger charge is -2.16. The molecule has 0 N–H and O–H groups in total. The molecule has 2 heterocycles. The van der Waals surface area contributed by atoms with Crippen molar-refractivity contribution >= 4 is 29.0 Å². The molecule has 136 valence electrons. The monoisotopic (exact) mass is 371 g/mol. The number of benzene rings is 1. The molecule has 1 aliphatic rings. The Balaban J connectivity index is 1.65. The average Bonchev–Trinajstić information content (AvgIpc) is 3.36. The van der Waals surface area contributed by atoms with Gasteiger partial charge >= 0.3 is 5.97 Å². The fourth-order valence-electron chi connectivity index (χ4n) is 3.37. The minimum Gasteiger partial charge on any atom is -0.469 e. The van der Waals surface area contributed by atoms with Gasteiger partial charge in [0.05, 0.1) is 17.9 Å². The molecule has 1 aromatic carbocycles. The Kier molecular flexibility index (Phi) is 5.83. The zero-order valence-corrected chi connectivity index (χ0v) is 15.4. The van der Waals surface area contributed by atoms with Crippen LogP contribution in [0.4, 0.5) is 0 Å². The van der Waals surface area contributed by atoms with E-state index >= 15 is 0 Å². The van der Waals surface area contributed by atoms with Crippen LogP contribution < -0.4 is 0 Å². The van der Waals surface area contributed by atoms with Crippen LogP contribution in [0.2, 0.25) is 0 Å². The number of ether oxygens (including phenoxy) is 1. The molecular formula is C20H21NO4S. The first-order valence-corrected chi connectivity index (χ1v) is 9.45. The first-order chi connectivity index (χ1) is 12.6. The standard InChI is InChI=1S/C20H21NO4S/c1-25-20(24)16-13-21(12-15(16)14-6-3-2-4-7-14)19(23)10-9-17(22)18-8-5-11-26-18/h2-8,11,15-16H,9-10,12-13H2,1H3/t15-,16+/m0/s1. The summed E-state index contributed by atoms with van der Waals surface area (Å²) in [5.41, 5.74) is 1.02. The van der Waals surface area contributed by atoms with Crippen LogP contribution in [-0.4, -0.2) is 42.8 Å². The highest BCUT2D eigenvalue weighted by Gasteiger charge is 2.40. The summed E-state index contributed by atoms with van der Waals surface area (Å²) in [7, 11) is 1.37. The number of likely N-dealkylation sites (tertiary alicyclic amines) is 1. The zero-order valence-electron chi connectivity index (χ0n) is 14.6. The third-order valence-electron chi connectivity index (χ3n) is 4.77. The van der Waals surface area contributed by atoms with Gasteiger partial charge < -0.3 is 9.64 Å². The topological polar surface area (TPSA) is 63.7 Å². The van der Waals surface area contributed by atoms with E-state index in [1.54, 1.807) is 11.0 Å². The summed E-state index contributed by atoms with van der Waals surface area (Å²) in [4.78, 5) is 39.2. The molecule has 0 aliphatic carbocycles. The lowest BCUT2D eigenvalue weighted by molar-refractivity contribution is -0.145. The third-order valence-corrected chi connectivity index (χ3v) is 5.68. The van der Waals surface area contributed by atoms with Crippen molar-refractivity contribution in [1.82, 2.24) is 4.90 Å². The van der Waals surface area contributed by atoms with Gasteiger partial charge in [0.1, 0.15) is 0 Å². The molecular weight excluding hydrogens is 350 g/mol. The van der Waals surface area contributed by atoms with Crippen molar-refractivity contribution < 1.29 is 19.1 Å². The Labute approximate surface area is 156 Å². The van der Waals surface area contributed by atoms with Gasteiger partial charge in [-0.3, -0.25) is 14.4 Å². The van der Waals surface area contributed by atoms with Gasteiger partial charge in [-0.05, 0) is 17.0 Å². The summed E-state index contributed by atoms with van der Waals surface area (Å²) in [6, 6.07) is 13.3. The largest absolute Gasteiger partial charge is 0.469 e. The number of nitrogens with zero attached hydrogens (tertiary/aromatic N) is 1. The van der Waals surface area contributed by atoms with Gasteiger partial charge in [0.25, 0.3) is 0 Å². The molecule has 0 bridgehead atoms. The van der Waals surface area contributed by atoms with Gasteiger partial charge in [0, 0.05) is 31.8 Å². The van der Waals surface area contributed by atoms with Crippen LogP contribution in [0, 0.1) is 5.92 Å². The Morgan fingerprint density at radius 1 is 1.08 bits per heavy atom. The van der Waals surface area contributed by atoms with Crippen molar-refractivity contribution in [2.75, 3.05) is 20.2 Å². The van der Waals surface area contributed by atoms with E-state index in [9.17, 15) is 14.4 Å². The molecule has 1 aromatic heterocycles. The van der Waals surface area contributed by atoms with Crippen molar-refractivity contribution in [3.8, 4) is 0 Å². The molecule has 2 aromatic rings. The second-order valence-corrected chi connectivity index (χ2v) is 7.29. The predicted octanol–water partition coefficient (Wildman–Crippen LogP) is 3.13. The van der Waals surface area contributed by atoms with Crippen molar-refractivity contribution in [2.45, 2.75) is 18.8 Å². The number of rotatable bonds is 6. The number of amides is 1. The second kappa shape index (κ2) is 8.27. The number of hydrogen-bond acceptors (Lipinski definition) is 5. The van der Waals surface area contributed by atoms with Crippen molar-refractivity contribution in [3.05, 3.63) is 58.3 Å². The van der Waals surface area contributed by atoms with Gasteiger partial charge in [-0.25, -0.2) is 0 Å². The Hall–Kier alpha value is -2.47. The van der Waals surface area contributed by atoms with E-state index in [2.05, 4.69) is 0 Å². The predicted molar refractivity (Wildman–Crippen MR) is 99.2 cm³/mol. The maximum Gasteiger partial charge on any atom is 0.311 e. The van der Waals surface area contributed by atoms with E-state index in [-0.39, 0.29) is 42.3 Å². The summed E-state index contributed by atoms with van der Waals surface area (Å²) >= 11 is 1.38. The zero-order chi connectivity index (χ0) is 18.5. The van der Waals surface area contributed by atoms with Gasteiger partial charge in [-0.2, -0.15) is 0 Å². The first kappa shape index (κ1) is 18.3. The first-order valence-electron chi connectivity index (χ1n) is 8.57. The molecule has 2 atom stereocenters. The van der Waals surface area contributed by atoms with E-state index in [4.69, 9.17) is 4.74 Å². The summed E-state index contributed by atoms with van der Waals surface area (Å²) in [5.74, 6) is -0.873. The summed E-state index contributed by atoms with van der Waals surface area (Å²) in [6.45, 7) is 0.800. The van der Waals surface area contributed by atoms with Crippen LogP contribution >= 0.6 is 11.3 Å². The molecule has 26 heavy (non-hydrogen) atoms. The lowest BCUT2D eigenvalue weighted by Crippen LogP contribution is -2.30. The average molecular weight is 371 g/mol. The molecule has 1 amide bonds. The van der Waals surface area contributed by atoms with Crippen molar-refractivity contribution in [2.24, 2.45) is 5.92 Å². The van der Waals surface area contributed by atoms with Crippen LogP contribution in [0.15, 0.2) is 47.8 Å². The number of esters is 1. The Morgan fingerprint density at radius 3 is 2.50 bits per heavy atom. The van der Waals surface area contributed by atoms with Gasteiger partial charge in [-0.15, -0.1) is 11.3 Å². The normalized spacial score (nSPS) is 19.3. The highest BCUT2D eigenvalue weighted by atomic mass is 32.1. The number of carbonyl (C=O) groups is 3. The van der Waals surface area contributed by atoms with E-state index in [0.717, 1.165) is 5.56 Å². The molecule has 3 rings (SSSR count). The lowest BCUT2D eigenvalue weighted by atomic mass is 9.89. The molecule has 1 fully saturated rings. The maximum absolute atomic E-state index is 12.6. The minimum absolute atomic E-state index is 0.0170. The number of carbonyl (C=O) groups excluding carboxylic acids is 3. The molecule has 1 saturated heterocycles. The number of thiophene rings is 1. The highest BCUT2D eigenvalue weighted by molar-refractivity contribution is 7.12. The summed E-state index contributed by atoms with van der Waals surface area (Å²) in [6.07, 6.45) is 0.348. The summed E-state index contributed by atoms with van der Waals surface area (Å²) in [5, 5.41) is 1.85. The number of ketones is 1. The molecule has 0 unspecified atom stereocenters. The van der Waals surface area contributed by atoms with E-state index in [1.807, 2.05) is 41.8 Å². The van der Waals surface area contributed by atoms with Crippen LogP contribution in [0.1, 0.15) is 34.0 Å². The maximum atomic E-state index is 12.6. The SMILES string of the molecule is COC(=O)[C@@H]1CN(C(=O)CCC(=O)c2cccs2)C[C@H]1c1ccccc1. The fraction of sp³-hybridized carbons (Fsp3) is 0.350. The van der Waals surface area contributed by atoms with E-state index in [1.165, 1.54) is 18.4 Å². The molecule has 6 heteroatoms. The Morgan fingerprint density at radius 2 is 1.85 bits per heavy atom. The molecule has 0 radical (unpaired) electrons. The molecule has 0 saturated carbocycles. The second-order valence-electron chi connectivity index (χ2n) is 6.35. The van der Waals surface area contributed by atoms with Crippen molar-refractivity contribution in [3.63, 3.8) is 0 Å². The van der Waals surface area contributed by atoms with E-state index in [0.29, 0.717) is 18.0 Å². The van der Waals surface area contributed by atoms with Crippen LogP contribution in [0.3, 0.4) is 0 Å². The van der Waals surface area contributed by atoms with Gasteiger partial charge in [-0.1, -0.05) is 36.4 Å². The summed E-state index contributed by atoms with van der Waals surface area (Å²) < 4.78 is 4.93. The number of Topliss-reactive ketones (excluding diaryl/α,β-unsaturated/α-hetero) is 1. The fourth-order valence-corrected chi connectivity index (χ4v) is 4.07. The third kappa shape index (κ3) is 4.02. The highest BCUT2D eigenvalue weighted by Crippen LogP contribution is 2.34. The van der Waals surface area contributed by atoms with Crippen molar-refractivity contribution in [1.29, 1.82) is 0 Å². The van der Waals surface area contributed by atoms with E-state index < -0.39 is 0 Å². The molecule has 5 nitrogen and oxygen atoms in total. The quantitative estimate of drug-likeness (QED) is 0.578. The molecule has 1 aliphatic heterocycles. The minimum atomic E-state index is -0.376. The van der Waals surface area contributed by atoms with Gasteiger partial charge in [0.15, 0.2) is 5.78 Å². The smallest absolute Gasteiger partial charge is 0.311 e. The van der Waals surface area contributed by atoms with Gasteiger partial charge in [0.2, 0.25) is 5.91 Å². The van der Waals surface area contributed by atoms with Crippen LogP contribution in [0.25, 0.3) is 0 Å². The van der Waals surface area contributed by atoms with Crippen LogP contribution in [0.5, 0.6) is 0 Å².